The molecule has 1 fully saturated rings. The normalized spacial score (nSPS) is 21.7. The Balaban J connectivity index is 1.95. The third-order valence-electron chi connectivity index (χ3n) is 4.02. The minimum absolute atomic E-state index is 0.205. The molecule has 1 saturated heterocycles. The second-order valence-electron chi connectivity index (χ2n) is 5.67. The molecule has 1 aromatic rings. The molecule has 3 unspecified atom stereocenters. The maximum absolute atomic E-state index is 13.2. The van der Waals surface area contributed by atoms with Gasteiger partial charge in [0, 0.05) is 13.1 Å². The summed E-state index contributed by atoms with van der Waals surface area (Å²) in [4.78, 5) is 14.3. The summed E-state index contributed by atoms with van der Waals surface area (Å²) in [6, 6.07) is 2.51. The average molecular weight is 328 g/mol. The minimum atomic E-state index is -1.14. The molecule has 0 bridgehead atoms. The number of aliphatic hydroxyl groups excluding tert-OH is 1. The highest BCUT2D eigenvalue weighted by Gasteiger charge is 2.28. The van der Waals surface area contributed by atoms with Gasteiger partial charge in [-0.3, -0.25) is 9.69 Å². The molecule has 5 nitrogen and oxygen atoms in total. The maximum Gasteiger partial charge on any atom is 0.250 e. The van der Waals surface area contributed by atoms with E-state index in [1.54, 1.807) is 6.92 Å². The van der Waals surface area contributed by atoms with Gasteiger partial charge in [0.1, 0.15) is 6.10 Å². The standard InChI is InChI=1S/C16H22F2N2O3/c1-3-20-6-7-23-14(9-20)16(22)19-10(2)15(21)11-4-5-12(17)13(18)8-11/h4-5,8,10,14-15,21H,3,6-7,9H2,1-2H3,(H,19,22). The van der Waals surface area contributed by atoms with Crippen molar-refractivity contribution in [3.63, 3.8) is 0 Å². The molecular formula is C16H22F2N2O3. The number of ether oxygens (including phenoxy) is 1. The summed E-state index contributed by atoms with van der Waals surface area (Å²) in [6.45, 7) is 6.20. The van der Waals surface area contributed by atoms with Crippen LogP contribution in [0.3, 0.4) is 0 Å². The molecule has 1 aliphatic rings. The van der Waals surface area contributed by atoms with Crippen molar-refractivity contribution in [2.45, 2.75) is 32.1 Å². The predicted molar refractivity (Wildman–Crippen MR) is 80.8 cm³/mol. The van der Waals surface area contributed by atoms with E-state index >= 15 is 0 Å². The summed E-state index contributed by atoms with van der Waals surface area (Å²) in [6.07, 6.45) is -1.73. The van der Waals surface area contributed by atoms with Crippen LogP contribution in [0.2, 0.25) is 0 Å². The highest BCUT2D eigenvalue weighted by Crippen LogP contribution is 2.19. The van der Waals surface area contributed by atoms with Gasteiger partial charge in [0.15, 0.2) is 11.6 Å². The highest BCUT2D eigenvalue weighted by molar-refractivity contribution is 5.81. The van der Waals surface area contributed by atoms with Crippen LogP contribution < -0.4 is 5.32 Å². The molecule has 2 rings (SSSR count). The van der Waals surface area contributed by atoms with Gasteiger partial charge in [-0.1, -0.05) is 13.0 Å². The highest BCUT2D eigenvalue weighted by atomic mass is 19.2. The van der Waals surface area contributed by atoms with Crippen LogP contribution in [-0.4, -0.2) is 54.3 Å². The van der Waals surface area contributed by atoms with Gasteiger partial charge in [0.2, 0.25) is 0 Å². The molecule has 0 spiro atoms. The van der Waals surface area contributed by atoms with Crippen molar-refractivity contribution in [2.24, 2.45) is 0 Å². The Morgan fingerprint density at radius 2 is 2.22 bits per heavy atom. The topological polar surface area (TPSA) is 61.8 Å². The summed E-state index contributed by atoms with van der Waals surface area (Å²) >= 11 is 0. The van der Waals surface area contributed by atoms with Crippen LogP contribution in [0, 0.1) is 11.6 Å². The number of rotatable bonds is 5. The number of carbonyl (C=O) groups excluding carboxylic acids is 1. The number of nitrogens with zero attached hydrogens (tertiary/aromatic N) is 1. The minimum Gasteiger partial charge on any atom is -0.386 e. The second-order valence-corrected chi connectivity index (χ2v) is 5.67. The second kappa shape index (κ2) is 7.81. The molecule has 7 heteroatoms. The van der Waals surface area contributed by atoms with E-state index in [-0.39, 0.29) is 11.5 Å². The lowest BCUT2D eigenvalue weighted by Crippen LogP contribution is -2.52. The maximum atomic E-state index is 13.2. The van der Waals surface area contributed by atoms with Crippen LogP contribution in [-0.2, 0) is 9.53 Å². The molecular weight excluding hydrogens is 306 g/mol. The van der Waals surface area contributed by atoms with Gasteiger partial charge in [0.25, 0.3) is 5.91 Å². The van der Waals surface area contributed by atoms with Crippen molar-refractivity contribution in [2.75, 3.05) is 26.2 Å². The van der Waals surface area contributed by atoms with Gasteiger partial charge < -0.3 is 15.2 Å². The fraction of sp³-hybridized carbons (Fsp3) is 0.562. The van der Waals surface area contributed by atoms with E-state index in [2.05, 4.69) is 10.2 Å². The fourth-order valence-electron chi connectivity index (χ4n) is 2.53. The zero-order valence-electron chi connectivity index (χ0n) is 13.3. The number of aliphatic hydroxyl groups is 1. The number of hydrogen-bond acceptors (Lipinski definition) is 4. The fourth-order valence-corrected chi connectivity index (χ4v) is 2.53. The first-order valence-electron chi connectivity index (χ1n) is 7.69. The summed E-state index contributed by atoms with van der Waals surface area (Å²) in [5.41, 5.74) is 0.205. The molecule has 0 aromatic heterocycles. The van der Waals surface area contributed by atoms with Crippen LogP contribution in [0.25, 0.3) is 0 Å². The zero-order valence-corrected chi connectivity index (χ0v) is 13.3. The van der Waals surface area contributed by atoms with E-state index in [0.717, 1.165) is 25.2 Å². The van der Waals surface area contributed by atoms with E-state index < -0.39 is 29.9 Å². The third-order valence-corrected chi connectivity index (χ3v) is 4.02. The number of morpholine rings is 1. The number of benzene rings is 1. The Morgan fingerprint density at radius 1 is 1.48 bits per heavy atom. The molecule has 1 aliphatic heterocycles. The first-order valence-corrected chi connectivity index (χ1v) is 7.69. The van der Waals surface area contributed by atoms with Crippen molar-refractivity contribution in [1.82, 2.24) is 10.2 Å². The SMILES string of the molecule is CCN1CCOC(C(=O)NC(C)C(O)c2ccc(F)c(F)c2)C1. The Bertz CT molecular complexity index is 556. The number of halogens is 2. The number of carbonyl (C=O) groups is 1. The molecule has 128 valence electrons. The lowest BCUT2D eigenvalue weighted by atomic mass is 10.0. The Kier molecular flexibility index (Phi) is 6.04. The quantitative estimate of drug-likeness (QED) is 0.853. The summed E-state index contributed by atoms with van der Waals surface area (Å²) in [5.74, 6) is -2.33. The van der Waals surface area contributed by atoms with Gasteiger partial charge in [-0.2, -0.15) is 0 Å². The number of nitrogens with one attached hydrogen (secondary N) is 1. The van der Waals surface area contributed by atoms with Gasteiger partial charge in [-0.15, -0.1) is 0 Å². The largest absolute Gasteiger partial charge is 0.386 e. The molecule has 0 saturated carbocycles. The molecule has 3 atom stereocenters. The van der Waals surface area contributed by atoms with Crippen molar-refractivity contribution < 1.29 is 23.4 Å². The molecule has 0 aliphatic carbocycles. The summed E-state index contributed by atoms with van der Waals surface area (Å²) in [5, 5.41) is 12.9. The van der Waals surface area contributed by atoms with E-state index in [9.17, 15) is 18.7 Å². The first-order chi connectivity index (χ1) is 10.9. The summed E-state index contributed by atoms with van der Waals surface area (Å²) in [7, 11) is 0. The van der Waals surface area contributed by atoms with E-state index in [1.807, 2.05) is 6.92 Å². The monoisotopic (exact) mass is 328 g/mol. The average Bonchev–Trinajstić information content (AvgIpc) is 2.56. The lowest BCUT2D eigenvalue weighted by Gasteiger charge is -2.32. The number of likely N-dealkylation sites (N-methyl/N-ethyl adjacent to an activating group) is 1. The van der Waals surface area contributed by atoms with Crippen LogP contribution in [0.15, 0.2) is 18.2 Å². The molecule has 0 radical (unpaired) electrons. The van der Waals surface area contributed by atoms with E-state index in [0.29, 0.717) is 13.2 Å². The molecule has 23 heavy (non-hydrogen) atoms. The van der Waals surface area contributed by atoms with E-state index in [4.69, 9.17) is 4.74 Å². The van der Waals surface area contributed by atoms with Crippen LogP contribution >= 0.6 is 0 Å². The summed E-state index contributed by atoms with van der Waals surface area (Å²) < 4.78 is 31.6. The van der Waals surface area contributed by atoms with Crippen LogP contribution in [0.4, 0.5) is 8.78 Å². The smallest absolute Gasteiger partial charge is 0.250 e. The van der Waals surface area contributed by atoms with Crippen LogP contribution in [0.5, 0.6) is 0 Å². The van der Waals surface area contributed by atoms with Gasteiger partial charge in [-0.05, 0) is 31.2 Å². The molecule has 1 amide bonds. The van der Waals surface area contributed by atoms with Gasteiger partial charge in [-0.25, -0.2) is 8.78 Å². The molecule has 2 N–H and O–H groups in total. The van der Waals surface area contributed by atoms with Crippen LogP contribution in [0.1, 0.15) is 25.5 Å². The first kappa shape index (κ1) is 17.8. The Morgan fingerprint density at radius 3 is 2.87 bits per heavy atom. The molecule has 1 heterocycles. The number of hydrogen-bond donors (Lipinski definition) is 2. The number of amides is 1. The van der Waals surface area contributed by atoms with Gasteiger partial charge >= 0.3 is 0 Å². The molecule has 1 aromatic carbocycles. The third kappa shape index (κ3) is 4.46. The Hall–Kier alpha value is -1.57. The predicted octanol–water partition coefficient (Wildman–Crippen LogP) is 1.22. The van der Waals surface area contributed by atoms with Crippen molar-refractivity contribution in [3.05, 3.63) is 35.4 Å². The van der Waals surface area contributed by atoms with E-state index in [1.165, 1.54) is 6.07 Å². The lowest BCUT2D eigenvalue weighted by molar-refractivity contribution is -0.139. The van der Waals surface area contributed by atoms with Crippen molar-refractivity contribution in [3.8, 4) is 0 Å². The zero-order chi connectivity index (χ0) is 17.0. The van der Waals surface area contributed by atoms with Crippen molar-refractivity contribution >= 4 is 5.91 Å². The Labute approximate surface area is 134 Å². The van der Waals surface area contributed by atoms with Gasteiger partial charge in [0.05, 0.1) is 18.8 Å². The van der Waals surface area contributed by atoms with Crippen molar-refractivity contribution in [1.29, 1.82) is 0 Å².